The number of halogens is 3. The van der Waals surface area contributed by atoms with Gasteiger partial charge in [0.05, 0.1) is 23.7 Å². The molecule has 0 amide bonds. The van der Waals surface area contributed by atoms with Crippen molar-refractivity contribution in [3.05, 3.63) is 18.0 Å². The van der Waals surface area contributed by atoms with Crippen molar-refractivity contribution in [3.63, 3.8) is 0 Å². The minimum absolute atomic E-state index is 0.104. The smallest absolute Gasteiger partial charge is 0.396 e. The molecule has 0 saturated carbocycles. The summed E-state index contributed by atoms with van der Waals surface area (Å²) in [5, 5.41) is 12.7. The Morgan fingerprint density at radius 2 is 1.95 bits per heavy atom. The van der Waals surface area contributed by atoms with Crippen LogP contribution in [0.1, 0.15) is 32.4 Å². The van der Waals surface area contributed by atoms with Gasteiger partial charge >= 0.3 is 6.18 Å². The third-order valence-corrected chi connectivity index (χ3v) is 3.32. The summed E-state index contributed by atoms with van der Waals surface area (Å²) in [4.78, 5) is 3.25. The Morgan fingerprint density at radius 3 is 2.45 bits per heavy atom. The molecular formula is C13H20F3N3O. The zero-order chi connectivity index (χ0) is 15.3. The fraction of sp³-hybridized carbons (Fsp3) is 0.615. The standard InChI is InChI=1S/C13H20F3N3O/c1-3-8(4-2)11(20)7-18-10-5-12(13(14,15)16)19-6-9(10)17/h5-6,8,11,20H,3-4,7,17H2,1-2H3,(H,18,19). The average Bonchev–Trinajstić information content (AvgIpc) is 2.37. The van der Waals surface area contributed by atoms with Gasteiger partial charge in [0.2, 0.25) is 0 Å². The topological polar surface area (TPSA) is 71.2 Å². The first-order chi connectivity index (χ1) is 9.29. The van der Waals surface area contributed by atoms with Crippen LogP contribution >= 0.6 is 0 Å². The number of nitrogens with two attached hydrogens (primary N) is 1. The van der Waals surface area contributed by atoms with E-state index in [2.05, 4.69) is 10.3 Å². The summed E-state index contributed by atoms with van der Waals surface area (Å²) in [7, 11) is 0. The summed E-state index contributed by atoms with van der Waals surface area (Å²) in [5.41, 5.74) is 4.83. The molecule has 1 aromatic heterocycles. The molecule has 1 rings (SSSR count). The van der Waals surface area contributed by atoms with E-state index in [1.807, 2.05) is 13.8 Å². The lowest BCUT2D eigenvalue weighted by Crippen LogP contribution is -2.28. The molecule has 0 radical (unpaired) electrons. The Labute approximate surface area is 116 Å². The number of hydrogen-bond donors (Lipinski definition) is 3. The van der Waals surface area contributed by atoms with E-state index < -0.39 is 18.0 Å². The second-order valence-corrected chi connectivity index (χ2v) is 4.68. The number of alkyl halides is 3. The van der Waals surface area contributed by atoms with Crippen molar-refractivity contribution in [2.75, 3.05) is 17.6 Å². The van der Waals surface area contributed by atoms with E-state index in [-0.39, 0.29) is 23.8 Å². The largest absolute Gasteiger partial charge is 0.433 e. The number of aliphatic hydroxyl groups excluding tert-OH is 1. The normalized spacial score (nSPS) is 13.6. The molecule has 114 valence electrons. The highest BCUT2D eigenvalue weighted by Crippen LogP contribution is 2.31. The van der Waals surface area contributed by atoms with Gasteiger partial charge < -0.3 is 16.2 Å². The fourth-order valence-electron chi connectivity index (χ4n) is 1.99. The monoisotopic (exact) mass is 291 g/mol. The molecule has 0 spiro atoms. The number of nitrogens with one attached hydrogen (secondary N) is 1. The van der Waals surface area contributed by atoms with Crippen LogP contribution in [0.5, 0.6) is 0 Å². The van der Waals surface area contributed by atoms with Gasteiger partial charge in [-0.05, 0) is 12.0 Å². The van der Waals surface area contributed by atoms with Gasteiger partial charge in [-0.15, -0.1) is 0 Å². The van der Waals surface area contributed by atoms with Crippen molar-refractivity contribution in [1.29, 1.82) is 0 Å². The number of nitrogens with zero attached hydrogens (tertiary/aromatic N) is 1. The molecule has 0 aliphatic carbocycles. The number of aromatic nitrogens is 1. The quantitative estimate of drug-likeness (QED) is 0.753. The zero-order valence-corrected chi connectivity index (χ0v) is 11.5. The highest BCUT2D eigenvalue weighted by molar-refractivity contribution is 5.65. The molecule has 0 aliphatic heterocycles. The molecule has 4 N–H and O–H groups in total. The van der Waals surface area contributed by atoms with Crippen molar-refractivity contribution in [2.24, 2.45) is 5.92 Å². The Bertz CT molecular complexity index is 433. The Kier molecular flexibility index (Phi) is 5.62. The van der Waals surface area contributed by atoms with E-state index in [1.165, 1.54) is 0 Å². The predicted octanol–water partition coefficient (Wildman–Crippen LogP) is 2.89. The molecule has 1 aromatic rings. The van der Waals surface area contributed by atoms with E-state index in [0.717, 1.165) is 25.1 Å². The first-order valence-corrected chi connectivity index (χ1v) is 6.54. The van der Waals surface area contributed by atoms with Gasteiger partial charge in [0, 0.05) is 6.54 Å². The number of hydrogen-bond acceptors (Lipinski definition) is 4. The highest BCUT2D eigenvalue weighted by Gasteiger charge is 2.33. The molecule has 0 fully saturated rings. The summed E-state index contributed by atoms with van der Waals surface area (Å²) < 4.78 is 37.7. The van der Waals surface area contributed by atoms with Gasteiger partial charge in [-0.2, -0.15) is 13.2 Å². The zero-order valence-electron chi connectivity index (χ0n) is 11.5. The number of pyridine rings is 1. The first kappa shape index (κ1) is 16.6. The lowest BCUT2D eigenvalue weighted by Gasteiger charge is -2.21. The number of anilines is 2. The predicted molar refractivity (Wildman–Crippen MR) is 72.2 cm³/mol. The summed E-state index contributed by atoms with van der Waals surface area (Å²) in [6.07, 6.45) is -2.57. The molecule has 4 nitrogen and oxygen atoms in total. The van der Waals surface area contributed by atoms with Crippen molar-refractivity contribution >= 4 is 11.4 Å². The molecule has 1 heterocycles. The van der Waals surface area contributed by atoms with Crippen LogP contribution in [0.3, 0.4) is 0 Å². The Balaban J connectivity index is 2.77. The van der Waals surface area contributed by atoms with Crippen LogP contribution in [0.4, 0.5) is 24.5 Å². The van der Waals surface area contributed by atoms with E-state index >= 15 is 0 Å². The van der Waals surface area contributed by atoms with Crippen molar-refractivity contribution in [3.8, 4) is 0 Å². The second kappa shape index (κ2) is 6.78. The van der Waals surface area contributed by atoms with Gasteiger partial charge in [0.15, 0.2) is 0 Å². The van der Waals surface area contributed by atoms with E-state index in [1.54, 1.807) is 0 Å². The SMILES string of the molecule is CCC(CC)C(O)CNc1cc(C(F)(F)F)ncc1N. The number of nitrogen functional groups attached to an aromatic ring is 1. The molecular weight excluding hydrogens is 271 g/mol. The van der Waals surface area contributed by atoms with Crippen LogP contribution in [-0.4, -0.2) is 22.7 Å². The maximum absolute atomic E-state index is 12.6. The first-order valence-electron chi connectivity index (χ1n) is 6.54. The van der Waals surface area contributed by atoms with E-state index in [0.29, 0.717) is 0 Å². The van der Waals surface area contributed by atoms with Crippen LogP contribution in [-0.2, 0) is 6.18 Å². The Hall–Kier alpha value is -1.50. The average molecular weight is 291 g/mol. The number of rotatable bonds is 6. The van der Waals surface area contributed by atoms with Crippen LogP contribution in [0.2, 0.25) is 0 Å². The Morgan fingerprint density at radius 1 is 1.35 bits per heavy atom. The van der Waals surface area contributed by atoms with Crippen molar-refractivity contribution in [2.45, 2.75) is 39.0 Å². The van der Waals surface area contributed by atoms with Gasteiger partial charge in [-0.25, -0.2) is 4.98 Å². The van der Waals surface area contributed by atoms with Crippen LogP contribution in [0.25, 0.3) is 0 Å². The van der Waals surface area contributed by atoms with Crippen LogP contribution < -0.4 is 11.1 Å². The molecule has 0 aliphatic rings. The van der Waals surface area contributed by atoms with E-state index in [9.17, 15) is 18.3 Å². The van der Waals surface area contributed by atoms with Gasteiger partial charge in [-0.3, -0.25) is 0 Å². The maximum atomic E-state index is 12.6. The van der Waals surface area contributed by atoms with E-state index in [4.69, 9.17) is 5.73 Å². The molecule has 0 bridgehead atoms. The molecule has 0 saturated heterocycles. The summed E-state index contributed by atoms with van der Waals surface area (Å²) in [6, 6.07) is 0.856. The second-order valence-electron chi connectivity index (χ2n) is 4.68. The van der Waals surface area contributed by atoms with Gasteiger partial charge in [-0.1, -0.05) is 26.7 Å². The third kappa shape index (κ3) is 4.26. The molecule has 1 atom stereocenters. The highest BCUT2D eigenvalue weighted by atomic mass is 19.4. The molecule has 7 heteroatoms. The maximum Gasteiger partial charge on any atom is 0.433 e. The number of aliphatic hydroxyl groups is 1. The third-order valence-electron chi connectivity index (χ3n) is 3.32. The van der Waals surface area contributed by atoms with Gasteiger partial charge in [0.25, 0.3) is 0 Å². The van der Waals surface area contributed by atoms with Crippen molar-refractivity contribution < 1.29 is 18.3 Å². The summed E-state index contributed by atoms with van der Waals surface area (Å²) in [6.45, 7) is 4.07. The lowest BCUT2D eigenvalue weighted by atomic mass is 9.96. The lowest BCUT2D eigenvalue weighted by molar-refractivity contribution is -0.141. The minimum Gasteiger partial charge on any atom is -0.396 e. The summed E-state index contributed by atoms with van der Waals surface area (Å²) >= 11 is 0. The summed E-state index contributed by atoms with van der Waals surface area (Å²) in [5.74, 6) is 0.104. The van der Waals surface area contributed by atoms with Crippen LogP contribution in [0.15, 0.2) is 12.3 Å². The van der Waals surface area contributed by atoms with Crippen molar-refractivity contribution in [1.82, 2.24) is 4.98 Å². The fourth-order valence-corrected chi connectivity index (χ4v) is 1.99. The van der Waals surface area contributed by atoms with Gasteiger partial charge in [0.1, 0.15) is 5.69 Å². The minimum atomic E-state index is -4.52. The molecule has 20 heavy (non-hydrogen) atoms. The molecule has 0 aromatic carbocycles. The molecule has 1 unspecified atom stereocenters. The van der Waals surface area contributed by atoms with Crippen LogP contribution in [0, 0.1) is 5.92 Å².